The lowest BCUT2D eigenvalue weighted by molar-refractivity contribution is 0.102. The van der Waals surface area contributed by atoms with Crippen LogP contribution in [0, 0.1) is 12.7 Å². The number of benzene rings is 2. The summed E-state index contributed by atoms with van der Waals surface area (Å²) in [5.74, 6) is 0.118. The van der Waals surface area contributed by atoms with Crippen molar-refractivity contribution in [3.8, 4) is 11.4 Å². The highest BCUT2D eigenvalue weighted by Gasteiger charge is 2.13. The van der Waals surface area contributed by atoms with E-state index in [2.05, 4.69) is 10.4 Å². The summed E-state index contributed by atoms with van der Waals surface area (Å²) in [6.45, 7) is 4.34. The zero-order valence-corrected chi connectivity index (χ0v) is 14.0. The molecule has 5 nitrogen and oxygen atoms in total. The summed E-state index contributed by atoms with van der Waals surface area (Å²) in [4.78, 5) is 12.4. The van der Waals surface area contributed by atoms with E-state index in [4.69, 9.17) is 4.74 Å². The van der Waals surface area contributed by atoms with Crippen LogP contribution in [0.1, 0.15) is 23.1 Å². The SMILES string of the molecule is CCOc1ccc(NC(=O)c2cc(C)n(-c3ccc(F)cc3)n2)cc1. The lowest BCUT2D eigenvalue weighted by Crippen LogP contribution is -2.13. The number of hydrogen-bond donors (Lipinski definition) is 1. The van der Waals surface area contributed by atoms with Crippen LogP contribution in [0.4, 0.5) is 10.1 Å². The second-order valence-electron chi connectivity index (χ2n) is 5.47. The predicted octanol–water partition coefficient (Wildman–Crippen LogP) is 3.97. The van der Waals surface area contributed by atoms with Crippen LogP contribution in [-0.2, 0) is 0 Å². The summed E-state index contributed by atoms with van der Waals surface area (Å²) in [6.07, 6.45) is 0. The van der Waals surface area contributed by atoms with E-state index >= 15 is 0 Å². The maximum Gasteiger partial charge on any atom is 0.276 e. The Morgan fingerprint density at radius 3 is 2.48 bits per heavy atom. The normalized spacial score (nSPS) is 10.5. The van der Waals surface area contributed by atoms with E-state index in [0.717, 1.165) is 11.4 Å². The molecule has 0 saturated heterocycles. The van der Waals surface area contributed by atoms with Crippen molar-refractivity contribution in [1.82, 2.24) is 9.78 Å². The fourth-order valence-electron chi connectivity index (χ4n) is 2.43. The van der Waals surface area contributed by atoms with Crippen molar-refractivity contribution in [2.75, 3.05) is 11.9 Å². The minimum absolute atomic E-state index is 0.288. The second-order valence-corrected chi connectivity index (χ2v) is 5.47. The van der Waals surface area contributed by atoms with E-state index in [9.17, 15) is 9.18 Å². The number of hydrogen-bond acceptors (Lipinski definition) is 3. The zero-order valence-electron chi connectivity index (χ0n) is 14.0. The summed E-state index contributed by atoms with van der Waals surface area (Å²) >= 11 is 0. The van der Waals surface area contributed by atoms with Gasteiger partial charge in [-0.15, -0.1) is 0 Å². The number of aromatic nitrogens is 2. The minimum Gasteiger partial charge on any atom is -0.494 e. The van der Waals surface area contributed by atoms with Gasteiger partial charge in [0.15, 0.2) is 5.69 Å². The Labute approximate surface area is 145 Å². The highest BCUT2D eigenvalue weighted by atomic mass is 19.1. The molecule has 128 valence electrons. The van der Waals surface area contributed by atoms with Crippen molar-refractivity contribution in [2.45, 2.75) is 13.8 Å². The van der Waals surface area contributed by atoms with Crippen molar-refractivity contribution >= 4 is 11.6 Å². The molecular weight excluding hydrogens is 321 g/mol. The van der Waals surface area contributed by atoms with Crippen molar-refractivity contribution in [3.63, 3.8) is 0 Å². The van der Waals surface area contributed by atoms with Gasteiger partial charge in [-0.25, -0.2) is 9.07 Å². The number of nitrogens with zero attached hydrogens (tertiary/aromatic N) is 2. The third-order valence-electron chi connectivity index (χ3n) is 3.61. The van der Waals surface area contributed by atoms with Crippen molar-refractivity contribution in [2.24, 2.45) is 0 Å². The molecule has 0 aliphatic heterocycles. The van der Waals surface area contributed by atoms with Gasteiger partial charge < -0.3 is 10.1 Å². The van der Waals surface area contributed by atoms with Crippen LogP contribution in [-0.4, -0.2) is 22.3 Å². The highest BCUT2D eigenvalue weighted by Crippen LogP contribution is 2.17. The van der Waals surface area contributed by atoms with Gasteiger partial charge in [0.25, 0.3) is 5.91 Å². The standard InChI is InChI=1S/C19H18FN3O2/c1-3-25-17-10-6-15(7-11-17)21-19(24)18-12-13(2)23(22-18)16-8-4-14(20)5-9-16/h4-12H,3H2,1-2H3,(H,21,24). The molecule has 25 heavy (non-hydrogen) atoms. The Bertz CT molecular complexity index is 871. The molecule has 0 aliphatic carbocycles. The first-order chi connectivity index (χ1) is 12.1. The molecule has 0 atom stereocenters. The lowest BCUT2D eigenvalue weighted by Gasteiger charge is -2.06. The molecule has 0 fully saturated rings. The van der Waals surface area contributed by atoms with Gasteiger partial charge in [-0.05, 0) is 68.4 Å². The van der Waals surface area contributed by atoms with E-state index in [1.54, 1.807) is 47.1 Å². The quantitative estimate of drug-likeness (QED) is 0.765. The largest absolute Gasteiger partial charge is 0.494 e. The molecule has 0 saturated carbocycles. The Kier molecular flexibility index (Phi) is 4.79. The van der Waals surface area contributed by atoms with E-state index in [-0.39, 0.29) is 17.4 Å². The fourth-order valence-corrected chi connectivity index (χ4v) is 2.43. The van der Waals surface area contributed by atoms with Crippen LogP contribution in [0.25, 0.3) is 5.69 Å². The smallest absolute Gasteiger partial charge is 0.276 e. The van der Waals surface area contributed by atoms with Gasteiger partial charge in [-0.2, -0.15) is 5.10 Å². The Morgan fingerprint density at radius 2 is 1.84 bits per heavy atom. The Morgan fingerprint density at radius 1 is 1.16 bits per heavy atom. The van der Waals surface area contributed by atoms with E-state index in [1.165, 1.54) is 12.1 Å². The zero-order chi connectivity index (χ0) is 17.8. The first-order valence-electron chi connectivity index (χ1n) is 7.93. The van der Waals surface area contributed by atoms with Crippen LogP contribution < -0.4 is 10.1 Å². The predicted molar refractivity (Wildman–Crippen MR) is 93.8 cm³/mol. The first kappa shape index (κ1) is 16.7. The van der Waals surface area contributed by atoms with Gasteiger partial charge >= 0.3 is 0 Å². The van der Waals surface area contributed by atoms with Gasteiger partial charge in [0, 0.05) is 11.4 Å². The summed E-state index contributed by atoms with van der Waals surface area (Å²) < 4.78 is 20.0. The monoisotopic (exact) mass is 339 g/mol. The topological polar surface area (TPSA) is 56.1 Å². The molecule has 3 aromatic rings. The molecule has 3 rings (SSSR count). The summed E-state index contributed by atoms with van der Waals surface area (Å²) in [7, 11) is 0. The number of aryl methyl sites for hydroxylation is 1. The van der Waals surface area contributed by atoms with Gasteiger partial charge in [-0.1, -0.05) is 0 Å². The summed E-state index contributed by atoms with van der Waals surface area (Å²) in [6, 6.07) is 14.8. The molecule has 0 aliphatic rings. The molecule has 0 spiro atoms. The second kappa shape index (κ2) is 7.17. The molecule has 0 radical (unpaired) electrons. The highest BCUT2D eigenvalue weighted by molar-refractivity contribution is 6.03. The van der Waals surface area contributed by atoms with E-state index in [1.807, 2.05) is 13.8 Å². The van der Waals surface area contributed by atoms with Gasteiger partial charge in [0.05, 0.1) is 12.3 Å². The molecule has 1 heterocycles. The van der Waals surface area contributed by atoms with Crippen molar-refractivity contribution < 1.29 is 13.9 Å². The minimum atomic E-state index is -0.318. The number of amides is 1. The number of halogens is 1. The molecule has 6 heteroatoms. The van der Waals surface area contributed by atoms with E-state index < -0.39 is 0 Å². The Hall–Kier alpha value is -3.15. The fraction of sp³-hybridized carbons (Fsp3) is 0.158. The number of ether oxygens (including phenoxy) is 1. The molecule has 1 amide bonds. The van der Waals surface area contributed by atoms with Crippen LogP contribution in [0.15, 0.2) is 54.6 Å². The third-order valence-corrected chi connectivity index (χ3v) is 3.61. The Balaban J connectivity index is 1.76. The summed E-state index contributed by atoms with van der Waals surface area (Å²) in [5, 5.41) is 7.11. The number of anilines is 1. The number of carbonyl (C=O) groups is 1. The average molecular weight is 339 g/mol. The third kappa shape index (κ3) is 3.85. The lowest BCUT2D eigenvalue weighted by atomic mass is 10.3. The molecule has 0 unspecified atom stereocenters. The maximum absolute atomic E-state index is 13.1. The maximum atomic E-state index is 13.1. The average Bonchev–Trinajstić information content (AvgIpc) is 3.00. The van der Waals surface area contributed by atoms with Crippen molar-refractivity contribution in [1.29, 1.82) is 0 Å². The van der Waals surface area contributed by atoms with Crippen molar-refractivity contribution in [3.05, 3.63) is 71.8 Å². The van der Waals surface area contributed by atoms with Gasteiger partial charge in [0.1, 0.15) is 11.6 Å². The molecule has 1 N–H and O–H groups in total. The van der Waals surface area contributed by atoms with Crippen LogP contribution >= 0.6 is 0 Å². The summed E-state index contributed by atoms with van der Waals surface area (Å²) in [5.41, 5.74) is 2.42. The molecule has 1 aromatic heterocycles. The van der Waals surface area contributed by atoms with Gasteiger partial charge in [0.2, 0.25) is 0 Å². The number of rotatable bonds is 5. The molecule has 0 bridgehead atoms. The first-order valence-corrected chi connectivity index (χ1v) is 7.93. The molecular formula is C19H18FN3O2. The van der Waals surface area contributed by atoms with Crippen LogP contribution in [0.3, 0.4) is 0 Å². The van der Waals surface area contributed by atoms with Crippen LogP contribution in [0.5, 0.6) is 5.75 Å². The van der Waals surface area contributed by atoms with Crippen LogP contribution in [0.2, 0.25) is 0 Å². The van der Waals surface area contributed by atoms with E-state index in [0.29, 0.717) is 18.0 Å². The molecule has 2 aromatic carbocycles. The van der Waals surface area contributed by atoms with Gasteiger partial charge in [-0.3, -0.25) is 4.79 Å². The number of carbonyl (C=O) groups excluding carboxylic acids is 1. The number of nitrogens with one attached hydrogen (secondary N) is 1.